The Balaban J connectivity index is 2.38. The van der Waals surface area contributed by atoms with E-state index in [9.17, 15) is 4.79 Å². The van der Waals surface area contributed by atoms with Gasteiger partial charge in [0.15, 0.2) is 0 Å². The van der Waals surface area contributed by atoms with E-state index in [1.54, 1.807) is 6.21 Å². The van der Waals surface area contributed by atoms with Crippen LogP contribution in [0, 0.1) is 5.92 Å². The van der Waals surface area contributed by atoms with Crippen LogP contribution in [-0.2, 0) is 9.53 Å². The van der Waals surface area contributed by atoms with E-state index < -0.39 is 0 Å². The fourth-order valence-electron chi connectivity index (χ4n) is 1.86. The van der Waals surface area contributed by atoms with Crippen molar-refractivity contribution in [2.24, 2.45) is 22.4 Å². The minimum Gasteiger partial charge on any atom is -0.469 e. The van der Waals surface area contributed by atoms with E-state index in [0.29, 0.717) is 5.70 Å². The van der Waals surface area contributed by atoms with Gasteiger partial charge in [-0.25, -0.2) is 0 Å². The summed E-state index contributed by atoms with van der Waals surface area (Å²) in [7, 11) is 1.43. The van der Waals surface area contributed by atoms with E-state index in [-0.39, 0.29) is 17.9 Å². The van der Waals surface area contributed by atoms with Crippen LogP contribution in [0.4, 0.5) is 0 Å². The molecule has 0 bridgehead atoms. The number of rotatable bonds is 3. The highest BCUT2D eigenvalue weighted by Crippen LogP contribution is 2.26. The summed E-state index contributed by atoms with van der Waals surface area (Å²) in [5, 5.41) is 0. The first kappa shape index (κ1) is 12.5. The maximum absolute atomic E-state index is 11.3. The summed E-state index contributed by atoms with van der Waals surface area (Å²) in [6.07, 6.45) is 6.37. The van der Waals surface area contributed by atoms with Crippen molar-refractivity contribution in [3.63, 3.8) is 0 Å². The summed E-state index contributed by atoms with van der Waals surface area (Å²) in [4.78, 5) is 15.6. The Morgan fingerprint density at radius 2 is 2.00 bits per heavy atom. The maximum atomic E-state index is 11.3. The molecule has 0 aromatic heterocycles. The number of allylic oxidation sites excluding steroid dienone is 1. The van der Waals surface area contributed by atoms with Crippen LogP contribution in [0.25, 0.3) is 0 Å². The molecule has 0 aromatic rings. The van der Waals surface area contributed by atoms with E-state index in [2.05, 4.69) is 4.99 Å². The average Bonchev–Trinajstić information content (AvgIpc) is 2.35. The Morgan fingerprint density at radius 1 is 1.38 bits per heavy atom. The molecule has 0 aromatic carbocycles. The molecule has 1 aliphatic carbocycles. The van der Waals surface area contributed by atoms with Crippen LogP contribution < -0.4 is 11.5 Å². The highest BCUT2D eigenvalue weighted by Gasteiger charge is 2.26. The predicted molar refractivity (Wildman–Crippen MR) is 62.7 cm³/mol. The Hall–Kier alpha value is -1.52. The zero-order valence-corrected chi connectivity index (χ0v) is 9.56. The molecule has 16 heavy (non-hydrogen) atoms. The molecule has 1 fully saturated rings. The lowest BCUT2D eigenvalue weighted by Gasteiger charge is -2.24. The molecule has 0 unspecified atom stereocenters. The summed E-state index contributed by atoms with van der Waals surface area (Å²) in [5.41, 5.74) is 11.2. The zero-order valence-electron chi connectivity index (χ0n) is 9.56. The number of carbonyl (C=O) groups is 1. The summed E-state index contributed by atoms with van der Waals surface area (Å²) in [6.45, 7) is 0. The van der Waals surface area contributed by atoms with Crippen LogP contribution in [0.2, 0.25) is 0 Å². The van der Waals surface area contributed by atoms with Gasteiger partial charge in [-0.2, -0.15) is 0 Å². The predicted octanol–water partition coefficient (Wildman–Crippen LogP) is 0.548. The van der Waals surface area contributed by atoms with E-state index in [1.807, 2.05) is 0 Å². The van der Waals surface area contributed by atoms with E-state index in [1.165, 1.54) is 13.3 Å². The fourth-order valence-corrected chi connectivity index (χ4v) is 1.86. The third-order valence-corrected chi connectivity index (χ3v) is 2.86. The molecule has 1 aliphatic rings. The van der Waals surface area contributed by atoms with Crippen molar-refractivity contribution in [1.29, 1.82) is 0 Å². The number of hydrogen-bond donors (Lipinski definition) is 2. The van der Waals surface area contributed by atoms with Crippen molar-refractivity contribution in [3.8, 4) is 0 Å². The third kappa shape index (κ3) is 3.56. The molecule has 0 spiro atoms. The minimum absolute atomic E-state index is 0.0406. The van der Waals surface area contributed by atoms with Gasteiger partial charge in [0.1, 0.15) is 0 Å². The average molecular weight is 225 g/mol. The van der Waals surface area contributed by atoms with Gasteiger partial charge in [0.05, 0.1) is 24.8 Å². The second kappa shape index (κ2) is 6.15. The molecule has 0 atom stereocenters. The highest BCUT2D eigenvalue weighted by molar-refractivity contribution is 5.77. The number of aliphatic imine (C=N–C) groups is 1. The van der Waals surface area contributed by atoms with Crippen LogP contribution in [0.3, 0.4) is 0 Å². The molecule has 0 heterocycles. The molecule has 1 saturated carbocycles. The topological polar surface area (TPSA) is 90.7 Å². The molecular formula is C11H19N3O2. The first-order chi connectivity index (χ1) is 7.67. The van der Waals surface area contributed by atoms with Gasteiger partial charge < -0.3 is 16.2 Å². The van der Waals surface area contributed by atoms with Crippen molar-refractivity contribution in [3.05, 3.63) is 11.9 Å². The van der Waals surface area contributed by atoms with Crippen molar-refractivity contribution in [2.75, 3.05) is 7.11 Å². The van der Waals surface area contributed by atoms with E-state index in [0.717, 1.165) is 25.7 Å². The van der Waals surface area contributed by atoms with Crippen molar-refractivity contribution in [1.82, 2.24) is 0 Å². The highest BCUT2D eigenvalue weighted by atomic mass is 16.5. The number of nitrogens with two attached hydrogens (primary N) is 2. The van der Waals surface area contributed by atoms with Gasteiger partial charge in [-0.15, -0.1) is 0 Å². The van der Waals surface area contributed by atoms with Crippen molar-refractivity contribution < 1.29 is 9.53 Å². The van der Waals surface area contributed by atoms with Gasteiger partial charge in [0, 0.05) is 12.4 Å². The molecule has 90 valence electrons. The SMILES string of the molecule is COC(=O)C1CCC(N=CC(N)=CN)CC1. The van der Waals surface area contributed by atoms with Gasteiger partial charge >= 0.3 is 5.97 Å². The lowest BCUT2D eigenvalue weighted by atomic mass is 9.86. The first-order valence-electron chi connectivity index (χ1n) is 5.45. The standard InChI is InChI=1S/C11H19N3O2/c1-16-11(15)8-2-4-10(5-3-8)14-7-9(13)6-12/h6-8,10H,2-5,12-13H2,1H3. The monoisotopic (exact) mass is 225 g/mol. The fraction of sp³-hybridized carbons (Fsp3) is 0.636. The third-order valence-electron chi connectivity index (χ3n) is 2.86. The number of hydrogen-bond acceptors (Lipinski definition) is 5. The van der Waals surface area contributed by atoms with Gasteiger partial charge in [-0.05, 0) is 25.7 Å². The van der Waals surface area contributed by atoms with Crippen LogP contribution in [0.15, 0.2) is 16.9 Å². The lowest BCUT2D eigenvalue weighted by Crippen LogP contribution is -2.24. The number of methoxy groups -OCH3 is 1. The molecule has 0 aliphatic heterocycles. The molecule has 5 nitrogen and oxygen atoms in total. The van der Waals surface area contributed by atoms with Gasteiger partial charge in [-0.3, -0.25) is 9.79 Å². The Kier molecular flexibility index (Phi) is 4.82. The maximum Gasteiger partial charge on any atom is 0.308 e. The van der Waals surface area contributed by atoms with Gasteiger partial charge in [0.2, 0.25) is 0 Å². The smallest absolute Gasteiger partial charge is 0.308 e. The molecule has 0 saturated heterocycles. The molecule has 0 amide bonds. The summed E-state index contributed by atoms with van der Waals surface area (Å²) >= 11 is 0. The lowest BCUT2D eigenvalue weighted by molar-refractivity contribution is -0.146. The molecule has 1 rings (SSSR count). The number of esters is 1. The zero-order chi connectivity index (χ0) is 12.0. The van der Waals surface area contributed by atoms with Gasteiger partial charge in [0.25, 0.3) is 0 Å². The number of nitrogens with zero attached hydrogens (tertiary/aromatic N) is 1. The van der Waals surface area contributed by atoms with Crippen molar-refractivity contribution >= 4 is 12.2 Å². The molecule has 0 radical (unpaired) electrons. The minimum atomic E-state index is -0.108. The largest absolute Gasteiger partial charge is 0.469 e. The first-order valence-corrected chi connectivity index (χ1v) is 5.45. The summed E-state index contributed by atoms with van der Waals surface area (Å²) in [6, 6.07) is 0.249. The second-order valence-corrected chi connectivity index (χ2v) is 3.97. The summed E-state index contributed by atoms with van der Waals surface area (Å²) in [5.74, 6) is -0.0670. The second-order valence-electron chi connectivity index (χ2n) is 3.97. The summed E-state index contributed by atoms with van der Waals surface area (Å²) < 4.78 is 4.72. The molecule has 5 heteroatoms. The Bertz CT molecular complexity index is 292. The molecular weight excluding hydrogens is 206 g/mol. The van der Waals surface area contributed by atoms with Crippen LogP contribution in [-0.4, -0.2) is 25.3 Å². The normalized spacial score (nSPS) is 26.9. The van der Waals surface area contributed by atoms with Crippen LogP contribution >= 0.6 is 0 Å². The van der Waals surface area contributed by atoms with Crippen LogP contribution in [0.1, 0.15) is 25.7 Å². The number of ether oxygens (including phenoxy) is 1. The Morgan fingerprint density at radius 3 is 2.50 bits per heavy atom. The van der Waals surface area contributed by atoms with E-state index >= 15 is 0 Å². The quantitative estimate of drug-likeness (QED) is 0.542. The number of carbonyl (C=O) groups excluding carboxylic acids is 1. The van der Waals surface area contributed by atoms with Crippen molar-refractivity contribution in [2.45, 2.75) is 31.7 Å². The Labute approximate surface area is 95.5 Å². The van der Waals surface area contributed by atoms with E-state index in [4.69, 9.17) is 16.2 Å². The van der Waals surface area contributed by atoms with Gasteiger partial charge in [-0.1, -0.05) is 0 Å². The molecule has 4 N–H and O–H groups in total. The van der Waals surface area contributed by atoms with Crippen LogP contribution in [0.5, 0.6) is 0 Å².